The van der Waals surface area contributed by atoms with Crippen molar-refractivity contribution in [1.82, 2.24) is 0 Å². The van der Waals surface area contributed by atoms with E-state index in [1.807, 2.05) is 38.1 Å². The van der Waals surface area contributed by atoms with Crippen LogP contribution in [-0.2, 0) is 9.47 Å². The maximum Gasteiger partial charge on any atom is 0.149 e. The molecule has 0 unspecified atom stereocenters. The van der Waals surface area contributed by atoms with Crippen LogP contribution in [0.25, 0.3) is 5.57 Å². The van der Waals surface area contributed by atoms with Crippen LogP contribution in [0.4, 0.5) is 11.4 Å². The van der Waals surface area contributed by atoms with Crippen LogP contribution in [-0.4, -0.2) is 39.6 Å². The Labute approximate surface area is 191 Å². The van der Waals surface area contributed by atoms with Gasteiger partial charge in [-0.1, -0.05) is 30.3 Å². The highest BCUT2D eigenvalue weighted by Crippen LogP contribution is 2.37. The molecule has 0 bridgehead atoms. The number of benzene rings is 2. The minimum Gasteiger partial charge on any atom is -0.491 e. The van der Waals surface area contributed by atoms with Crippen LogP contribution in [0.1, 0.15) is 50.2 Å². The molecule has 0 atom stereocenters. The van der Waals surface area contributed by atoms with Crippen molar-refractivity contribution in [1.29, 1.82) is 0 Å². The first-order chi connectivity index (χ1) is 15.7. The molecule has 2 aromatic carbocycles. The third kappa shape index (κ3) is 6.17. The first-order valence-corrected chi connectivity index (χ1v) is 11.5. The minimum absolute atomic E-state index is 0.527. The highest BCUT2D eigenvalue weighted by Gasteiger charge is 2.20. The van der Waals surface area contributed by atoms with E-state index < -0.39 is 0 Å². The van der Waals surface area contributed by atoms with E-state index in [0.717, 1.165) is 61.8 Å². The van der Waals surface area contributed by atoms with Gasteiger partial charge in [0.25, 0.3) is 0 Å². The Bertz CT molecular complexity index is 891. The van der Waals surface area contributed by atoms with Crippen LogP contribution >= 0.6 is 0 Å². The molecule has 1 saturated heterocycles. The Hall–Kier alpha value is -2.70. The van der Waals surface area contributed by atoms with Crippen molar-refractivity contribution < 1.29 is 18.9 Å². The molecule has 0 spiro atoms. The summed E-state index contributed by atoms with van der Waals surface area (Å²) in [6, 6.07) is 11.9. The zero-order valence-corrected chi connectivity index (χ0v) is 19.3. The lowest BCUT2D eigenvalue weighted by Gasteiger charge is -2.25. The molecule has 2 aromatic rings. The van der Waals surface area contributed by atoms with Crippen LogP contribution in [0.15, 0.2) is 42.5 Å². The van der Waals surface area contributed by atoms with Crippen LogP contribution in [0.5, 0.6) is 11.5 Å². The molecule has 1 fully saturated rings. The molecular weight excluding hydrogens is 404 g/mol. The maximum absolute atomic E-state index is 5.96. The second-order valence-electron chi connectivity index (χ2n) is 7.80. The van der Waals surface area contributed by atoms with Crippen molar-refractivity contribution >= 4 is 16.9 Å². The Morgan fingerprint density at radius 1 is 0.844 bits per heavy atom. The molecule has 174 valence electrons. The highest BCUT2D eigenvalue weighted by molar-refractivity contribution is 5.76. The monoisotopic (exact) mass is 440 g/mol. The molecule has 6 heteroatoms. The molecule has 6 nitrogen and oxygen atoms in total. The smallest absolute Gasteiger partial charge is 0.149 e. The van der Waals surface area contributed by atoms with E-state index in [1.54, 1.807) is 0 Å². The van der Waals surface area contributed by atoms with E-state index in [1.165, 1.54) is 11.1 Å². The lowest BCUT2D eigenvalue weighted by atomic mass is 9.90. The van der Waals surface area contributed by atoms with Gasteiger partial charge in [-0.15, -0.1) is 0 Å². The van der Waals surface area contributed by atoms with Crippen molar-refractivity contribution in [2.24, 2.45) is 0 Å². The first-order valence-electron chi connectivity index (χ1n) is 11.5. The summed E-state index contributed by atoms with van der Waals surface area (Å²) < 4.78 is 22.0. The summed E-state index contributed by atoms with van der Waals surface area (Å²) in [5, 5.41) is 0. The average molecular weight is 441 g/mol. The fourth-order valence-electron chi connectivity index (χ4n) is 4.10. The lowest BCUT2D eigenvalue weighted by molar-refractivity contribution is 0.0847. The zero-order chi connectivity index (χ0) is 22.8. The molecule has 4 N–H and O–H groups in total. The number of anilines is 2. The molecule has 0 radical (unpaired) electrons. The number of rotatable bonds is 6. The zero-order valence-electron chi connectivity index (χ0n) is 19.3. The lowest BCUT2D eigenvalue weighted by Crippen LogP contribution is -2.15. The van der Waals surface area contributed by atoms with Crippen LogP contribution in [0, 0.1) is 0 Å². The van der Waals surface area contributed by atoms with Crippen LogP contribution < -0.4 is 20.9 Å². The molecule has 4 rings (SSSR count). The van der Waals surface area contributed by atoms with E-state index >= 15 is 0 Å². The fourth-order valence-corrected chi connectivity index (χ4v) is 4.10. The van der Waals surface area contributed by atoms with Gasteiger partial charge >= 0.3 is 0 Å². The van der Waals surface area contributed by atoms with Gasteiger partial charge in [0.15, 0.2) is 0 Å². The topological polar surface area (TPSA) is 89.0 Å². The van der Waals surface area contributed by atoms with Crippen molar-refractivity contribution in [3.8, 4) is 11.5 Å². The van der Waals surface area contributed by atoms with Gasteiger partial charge in [0.05, 0.1) is 37.8 Å². The Balaban J connectivity index is 0.000000181. The number of hydrogen-bond acceptors (Lipinski definition) is 6. The van der Waals surface area contributed by atoms with Gasteiger partial charge in [-0.2, -0.15) is 0 Å². The van der Waals surface area contributed by atoms with E-state index in [9.17, 15) is 0 Å². The summed E-state index contributed by atoms with van der Waals surface area (Å²) in [7, 11) is 0. The first kappa shape index (κ1) is 24.0. The molecule has 2 aliphatic rings. The molecule has 2 aliphatic heterocycles. The van der Waals surface area contributed by atoms with Crippen molar-refractivity contribution in [2.45, 2.75) is 39.0 Å². The number of hydrogen-bond donors (Lipinski definition) is 2. The van der Waals surface area contributed by atoms with Gasteiger partial charge in [-0.3, -0.25) is 0 Å². The fraction of sp³-hybridized carbons (Fsp3) is 0.462. The summed E-state index contributed by atoms with van der Waals surface area (Å²) in [5.41, 5.74) is 16.9. The summed E-state index contributed by atoms with van der Waals surface area (Å²) in [6.07, 6.45) is 5.14. The van der Waals surface area contributed by atoms with E-state index in [-0.39, 0.29) is 0 Å². The van der Waals surface area contributed by atoms with E-state index in [2.05, 4.69) is 18.2 Å². The van der Waals surface area contributed by atoms with Gasteiger partial charge < -0.3 is 30.4 Å². The molecule has 2 heterocycles. The van der Waals surface area contributed by atoms with Crippen LogP contribution in [0.3, 0.4) is 0 Å². The van der Waals surface area contributed by atoms with Crippen molar-refractivity contribution in [3.63, 3.8) is 0 Å². The summed E-state index contributed by atoms with van der Waals surface area (Å²) in [4.78, 5) is 0. The predicted molar refractivity (Wildman–Crippen MR) is 130 cm³/mol. The number of ether oxygens (including phenoxy) is 4. The Morgan fingerprint density at radius 2 is 1.50 bits per heavy atom. The van der Waals surface area contributed by atoms with Gasteiger partial charge in [-0.05, 0) is 62.3 Å². The number of para-hydroxylation sites is 2. The van der Waals surface area contributed by atoms with E-state index in [0.29, 0.717) is 31.4 Å². The van der Waals surface area contributed by atoms with E-state index in [4.69, 9.17) is 30.4 Å². The quantitative estimate of drug-likeness (QED) is 0.612. The van der Waals surface area contributed by atoms with Crippen molar-refractivity contribution in [3.05, 3.63) is 53.6 Å². The summed E-state index contributed by atoms with van der Waals surface area (Å²) in [5.74, 6) is 2.20. The number of nitrogen functional groups attached to an aromatic ring is 2. The maximum atomic E-state index is 5.96. The second-order valence-corrected chi connectivity index (χ2v) is 7.80. The Kier molecular flexibility index (Phi) is 9.26. The normalized spacial score (nSPS) is 16.5. The summed E-state index contributed by atoms with van der Waals surface area (Å²) >= 11 is 0. The molecule has 0 saturated carbocycles. The van der Waals surface area contributed by atoms with Gasteiger partial charge in [0, 0.05) is 18.8 Å². The third-order valence-electron chi connectivity index (χ3n) is 5.67. The largest absolute Gasteiger partial charge is 0.491 e. The molecule has 32 heavy (non-hydrogen) atoms. The number of nitrogens with two attached hydrogens (primary N) is 2. The van der Waals surface area contributed by atoms with Crippen molar-refractivity contribution in [2.75, 3.05) is 51.1 Å². The molecule has 0 amide bonds. The van der Waals surface area contributed by atoms with Gasteiger partial charge in [0.2, 0.25) is 0 Å². The third-order valence-corrected chi connectivity index (χ3v) is 5.67. The SMILES string of the molecule is CCOc1c(N)cccc1C1=CCOCC1.CCOc1c(N)cccc1C1CCOCC1. The highest BCUT2D eigenvalue weighted by atomic mass is 16.5. The predicted octanol–water partition coefficient (Wildman–Crippen LogP) is 5.03. The minimum atomic E-state index is 0.527. The van der Waals surface area contributed by atoms with Crippen LogP contribution in [0.2, 0.25) is 0 Å². The molecule has 0 aromatic heterocycles. The molecular formula is C26H36N2O4. The average Bonchev–Trinajstić information content (AvgIpc) is 2.83. The van der Waals surface area contributed by atoms with Gasteiger partial charge in [-0.25, -0.2) is 0 Å². The summed E-state index contributed by atoms with van der Waals surface area (Å²) in [6.45, 7) is 8.36. The van der Waals surface area contributed by atoms with Gasteiger partial charge in [0.1, 0.15) is 11.5 Å². The Morgan fingerprint density at radius 3 is 2.16 bits per heavy atom. The second kappa shape index (κ2) is 12.4. The molecule has 0 aliphatic carbocycles. The standard InChI is InChI=1S/C13H19NO2.C13H17NO2/c2*1-2-16-13-11(4-3-5-12(13)14)10-6-8-15-9-7-10/h3-5,10H,2,6-9,14H2,1H3;3-6H,2,7-9,14H2,1H3.